The van der Waals surface area contributed by atoms with Crippen LogP contribution in [0.3, 0.4) is 0 Å². The fourth-order valence-corrected chi connectivity index (χ4v) is 9.11. The number of carbonyl (C=O) groups excluding carboxylic acids is 1. The maximum absolute atomic E-state index is 12.1. The van der Waals surface area contributed by atoms with Gasteiger partial charge in [-0.05, 0) is 74.2 Å². The molecule has 3 heterocycles. The second kappa shape index (κ2) is 9.38. The van der Waals surface area contributed by atoms with Crippen LogP contribution in [0.2, 0.25) is 0 Å². The lowest BCUT2D eigenvalue weighted by atomic mass is 9.50. The van der Waals surface area contributed by atoms with E-state index in [1.165, 1.54) is 6.33 Å². The smallest absolute Gasteiger partial charge is 0.155 e. The molecular weight excluding hydrogens is 508 g/mol. The number of fused-ring (bicyclic) bond motifs is 6. The Morgan fingerprint density at radius 2 is 2.05 bits per heavy atom. The minimum Gasteiger partial charge on any atom is -0.394 e. The van der Waals surface area contributed by atoms with Crippen LogP contribution in [-0.2, 0) is 9.53 Å². The van der Waals surface area contributed by atoms with Crippen LogP contribution in [0.5, 0.6) is 0 Å². The molecule has 0 spiro atoms. The number of ether oxygens (including phenoxy) is 1. The maximum Gasteiger partial charge on any atom is 0.155 e. The van der Waals surface area contributed by atoms with Crippen LogP contribution >= 0.6 is 0 Å². The number of aliphatic hydroxyl groups excluding tert-OH is 2. The zero-order chi connectivity index (χ0) is 27.8. The van der Waals surface area contributed by atoms with Crippen molar-refractivity contribution in [3.8, 4) is 11.8 Å². The average molecular weight is 547 g/mol. The Morgan fingerprint density at radius 3 is 2.85 bits per heavy atom. The van der Waals surface area contributed by atoms with Gasteiger partial charge in [0.05, 0.1) is 23.7 Å². The molecule has 5 N–H and O–H groups in total. The molecule has 4 fully saturated rings. The number of carbonyl (C=O) groups is 1. The van der Waals surface area contributed by atoms with Crippen molar-refractivity contribution in [2.75, 3.05) is 12.3 Å². The van der Waals surface area contributed by atoms with Gasteiger partial charge in [-0.15, -0.1) is 0 Å². The van der Waals surface area contributed by atoms with Crippen molar-refractivity contribution in [2.45, 2.75) is 82.3 Å². The van der Waals surface area contributed by atoms with Crippen LogP contribution < -0.4 is 5.73 Å². The number of rotatable bonds is 2. The van der Waals surface area contributed by atoms with E-state index in [4.69, 9.17) is 10.5 Å². The number of nitrogens with two attached hydrogens (primary N) is 1. The van der Waals surface area contributed by atoms with Gasteiger partial charge in [-0.25, -0.2) is 9.97 Å². The Balaban J connectivity index is 1.20. The van der Waals surface area contributed by atoms with Crippen molar-refractivity contribution >= 4 is 22.6 Å². The Morgan fingerprint density at radius 1 is 1.20 bits per heavy atom. The van der Waals surface area contributed by atoms with Crippen LogP contribution in [0, 0.1) is 46.8 Å². The number of hydrogen-bond donors (Lipinski definition) is 4. The molecule has 40 heavy (non-hydrogen) atoms. The molecular formula is C31H38N4O5. The van der Waals surface area contributed by atoms with E-state index in [0.29, 0.717) is 71.3 Å². The summed E-state index contributed by atoms with van der Waals surface area (Å²) in [4.78, 5) is 20.6. The zero-order valence-corrected chi connectivity index (χ0v) is 22.9. The zero-order valence-electron chi connectivity index (χ0n) is 22.9. The molecule has 7 rings (SSSR count). The molecule has 3 saturated carbocycles. The van der Waals surface area contributed by atoms with Crippen molar-refractivity contribution in [3.63, 3.8) is 0 Å². The molecule has 4 aliphatic carbocycles. The Bertz CT molecular complexity index is 1440. The molecule has 2 aromatic rings. The highest BCUT2D eigenvalue weighted by atomic mass is 16.5. The van der Waals surface area contributed by atoms with Gasteiger partial charge in [-0.3, -0.25) is 4.79 Å². The summed E-state index contributed by atoms with van der Waals surface area (Å²) < 4.78 is 7.69. The number of aliphatic hydroxyl groups is 3. The highest BCUT2D eigenvalue weighted by Crippen LogP contribution is 2.64. The number of anilines is 1. The number of hydrogen-bond acceptors (Lipinski definition) is 8. The first-order valence-corrected chi connectivity index (χ1v) is 14.7. The number of allylic oxidation sites excluding steroid dienone is 2. The fourth-order valence-electron chi connectivity index (χ4n) is 9.11. The number of ketones is 1. The van der Waals surface area contributed by atoms with Crippen LogP contribution in [0.4, 0.5) is 5.82 Å². The summed E-state index contributed by atoms with van der Waals surface area (Å²) in [6.07, 6.45) is 12.0. The third-order valence-corrected chi connectivity index (χ3v) is 11.3. The normalized spacial score (nSPS) is 42.2. The highest BCUT2D eigenvalue weighted by molar-refractivity contribution is 5.92. The number of aromatic nitrogens is 3. The summed E-state index contributed by atoms with van der Waals surface area (Å²) in [6, 6.07) is 0. The van der Waals surface area contributed by atoms with Gasteiger partial charge in [-0.1, -0.05) is 24.8 Å². The second-order valence-electron chi connectivity index (χ2n) is 13.0. The van der Waals surface area contributed by atoms with Gasteiger partial charge in [0.25, 0.3) is 0 Å². The molecule has 1 aliphatic heterocycles. The van der Waals surface area contributed by atoms with Gasteiger partial charge in [-0.2, -0.15) is 0 Å². The summed E-state index contributed by atoms with van der Waals surface area (Å²) in [5.41, 5.74) is 6.01. The molecule has 9 nitrogen and oxygen atoms in total. The minimum atomic E-state index is -1.13. The Kier molecular flexibility index (Phi) is 6.13. The molecule has 0 aromatic carbocycles. The third-order valence-electron chi connectivity index (χ3n) is 11.3. The van der Waals surface area contributed by atoms with Crippen LogP contribution in [-0.4, -0.2) is 60.1 Å². The van der Waals surface area contributed by atoms with Crippen LogP contribution in [0.15, 0.2) is 24.7 Å². The summed E-state index contributed by atoms with van der Waals surface area (Å²) in [6.45, 7) is 1.95. The predicted octanol–water partition coefficient (Wildman–Crippen LogP) is 2.73. The first-order valence-electron chi connectivity index (χ1n) is 14.7. The Hall–Kier alpha value is -2.77. The highest BCUT2D eigenvalue weighted by Gasteiger charge is 2.62. The predicted molar refractivity (Wildman–Crippen MR) is 147 cm³/mol. The minimum absolute atomic E-state index is 0.266. The van der Waals surface area contributed by atoms with E-state index in [2.05, 4.69) is 34.8 Å². The van der Waals surface area contributed by atoms with E-state index in [0.717, 1.165) is 32.1 Å². The van der Waals surface area contributed by atoms with E-state index in [-0.39, 0.29) is 17.8 Å². The molecule has 212 valence electrons. The second-order valence-corrected chi connectivity index (χ2v) is 13.0. The van der Waals surface area contributed by atoms with Gasteiger partial charge in [0.2, 0.25) is 0 Å². The molecule has 1 saturated heterocycles. The molecule has 2 unspecified atom stereocenters. The maximum atomic E-state index is 12.1. The molecule has 0 bridgehead atoms. The third kappa shape index (κ3) is 3.80. The van der Waals surface area contributed by atoms with E-state index in [1.54, 1.807) is 10.6 Å². The van der Waals surface area contributed by atoms with Gasteiger partial charge in [0, 0.05) is 24.5 Å². The van der Waals surface area contributed by atoms with E-state index in [1.807, 2.05) is 6.20 Å². The van der Waals surface area contributed by atoms with Crippen molar-refractivity contribution in [3.05, 3.63) is 30.2 Å². The van der Waals surface area contributed by atoms with E-state index in [9.17, 15) is 20.1 Å². The topological polar surface area (TPSA) is 144 Å². The van der Waals surface area contributed by atoms with Crippen molar-refractivity contribution in [1.29, 1.82) is 0 Å². The molecule has 5 aliphatic rings. The lowest BCUT2D eigenvalue weighted by Crippen LogP contribution is -2.52. The largest absolute Gasteiger partial charge is 0.394 e. The van der Waals surface area contributed by atoms with Gasteiger partial charge >= 0.3 is 0 Å². The lowest BCUT2D eigenvalue weighted by Gasteiger charge is -2.55. The van der Waals surface area contributed by atoms with E-state index >= 15 is 0 Å². The first kappa shape index (κ1) is 26.1. The standard InChI is InChI=1S/C31H38N4O5/c1-30-9-7-21-20-5-3-19(37)12-17(20)2-4-22(21)23(30)8-11-31(30,39)10-6-18-14-35(26-13-24(38)25(15-36)40-26)29-27(18)28(32)33-16-34-29/h3,5,14,16-17,20-26,36,38-39H,2,4,7-9,11-13,15H2,1H3,(H2,32,33,34)/t17?,20-,21+,22+,23-,24-,25+,26+,30-,31?/m0/s1. The molecule has 9 heteroatoms. The average Bonchev–Trinajstić information content (AvgIpc) is 3.59. The van der Waals surface area contributed by atoms with Gasteiger partial charge in [0.15, 0.2) is 5.78 Å². The molecule has 10 atom stereocenters. The quantitative estimate of drug-likeness (QED) is 0.421. The summed E-state index contributed by atoms with van der Waals surface area (Å²) >= 11 is 0. The van der Waals surface area contributed by atoms with Gasteiger partial charge < -0.3 is 30.4 Å². The molecule has 0 radical (unpaired) electrons. The monoisotopic (exact) mass is 546 g/mol. The van der Waals surface area contributed by atoms with Crippen molar-refractivity contribution in [2.24, 2.45) is 35.0 Å². The summed E-state index contributed by atoms with van der Waals surface area (Å²) in [7, 11) is 0. The Labute approximate surface area is 233 Å². The fraction of sp³-hybridized carbons (Fsp3) is 0.645. The first-order chi connectivity index (χ1) is 19.2. The van der Waals surface area contributed by atoms with Crippen LogP contribution in [0.25, 0.3) is 11.0 Å². The van der Waals surface area contributed by atoms with Gasteiger partial charge in [0.1, 0.15) is 35.7 Å². The van der Waals surface area contributed by atoms with E-state index < -0.39 is 24.0 Å². The molecule has 2 aromatic heterocycles. The number of nitrogens with zero attached hydrogens (tertiary/aromatic N) is 3. The summed E-state index contributed by atoms with van der Waals surface area (Å²) in [5.74, 6) is 9.64. The lowest BCUT2D eigenvalue weighted by molar-refractivity contribution is -0.120. The SMILES string of the molecule is C[C@]12CC[C@H]3[C@@H](CCC4CC(=O)C=C[C@@H]43)[C@@H]1CCC2(O)C#Cc1cn([C@H]2C[C@H](O)[C@@H](CO)O2)c2ncnc(N)c12. The molecule has 0 amide bonds. The number of nitrogen functional groups attached to an aromatic ring is 1. The van der Waals surface area contributed by atoms with Crippen molar-refractivity contribution in [1.82, 2.24) is 14.5 Å². The van der Waals surface area contributed by atoms with Crippen LogP contribution in [0.1, 0.15) is 70.1 Å². The summed E-state index contributed by atoms with van der Waals surface area (Å²) in [5, 5.41) is 32.6. The van der Waals surface area contributed by atoms with Crippen molar-refractivity contribution < 1.29 is 24.9 Å².